The van der Waals surface area contributed by atoms with E-state index in [-0.39, 0.29) is 22.6 Å². The lowest BCUT2D eigenvalue weighted by atomic mass is 9.88. The van der Waals surface area contributed by atoms with Gasteiger partial charge >= 0.3 is 0 Å². The van der Waals surface area contributed by atoms with Crippen molar-refractivity contribution >= 4 is 31.7 Å². The van der Waals surface area contributed by atoms with Gasteiger partial charge < -0.3 is 19.5 Å². The van der Waals surface area contributed by atoms with Crippen molar-refractivity contribution in [3.8, 4) is 0 Å². The molecule has 1 atom stereocenters. The van der Waals surface area contributed by atoms with Crippen molar-refractivity contribution in [3.05, 3.63) is 29.3 Å². The zero-order valence-electron chi connectivity index (χ0n) is 10.6. The summed E-state index contributed by atoms with van der Waals surface area (Å²) in [5.74, 6) is 0. The summed E-state index contributed by atoms with van der Waals surface area (Å²) < 4.78 is 67.1. The molecule has 0 saturated carbocycles. The minimum atomic E-state index is -4.95. The summed E-state index contributed by atoms with van der Waals surface area (Å²) in [7, 11) is -9.83. The standard InChI is InChI=1S/C10H10N2O8S2/c13-11-8-4-9(22(18,19)20)7-3-5(21(15,16)17)1-2-6(7)10(8)12-14/h1-3,9,13-14H,4H2,(H,15,16,17)(H,18,19,20)/p-2. The van der Waals surface area contributed by atoms with E-state index >= 15 is 0 Å². The molecule has 0 amide bonds. The van der Waals surface area contributed by atoms with E-state index in [2.05, 4.69) is 10.3 Å². The lowest BCUT2D eigenvalue weighted by Gasteiger charge is -2.29. The fourth-order valence-corrected chi connectivity index (χ4v) is 3.55. The minimum absolute atomic E-state index is 0.127. The Hall–Kier alpha value is -2.02. The van der Waals surface area contributed by atoms with Crippen LogP contribution in [0.5, 0.6) is 0 Å². The number of benzene rings is 1. The van der Waals surface area contributed by atoms with E-state index in [9.17, 15) is 25.9 Å². The Morgan fingerprint density at radius 2 is 1.73 bits per heavy atom. The van der Waals surface area contributed by atoms with Gasteiger partial charge in [-0.1, -0.05) is 16.4 Å². The van der Waals surface area contributed by atoms with Gasteiger partial charge in [0.15, 0.2) is 0 Å². The maximum absolute atomic E-state index is 11.3. The summed E-state index contributed by atoms with van der Waals surface area (Å²) in [6.07, 6.45) is -0.628. The van der Waals surface area contributed by atoms with Crippen LogP contribution in [-0.4, -0.2) is 47.8 Å². The summed E-state index contributed by atoms with van der Waals surface area (Å²) in [6, 6.07) is 2.59. The van der Waals surface area contributed by atoms with E-state index in [0.717, 1.165) is 18.2 Å². The second kappa shape index (κ2) is 5.31. The predicted octanol–water partition coefficient (Wildman–Crippen LogP) is -0.411. The highest BCUT2D eigenvalue weighted by molar-refractivity contribution is 7.86. The van der Waals surface area contributed by atoms with E-state index in [4.69, 9.17) is 10.4 Å². The van der Waals surface area contributed by atoms with E-state index in [0.29, 0.717) is 0 Å². The predicted molar refractivity (Wildman–Crippen MR) is 69.0 cm³/mol. The molecule has 0 fully saturated rings. The van der Waals surface area contributed by atoms with Crippen LogP contribution < -0.4 is 0 Å². The van der Waals surface area contributed by atoms with E-state index in [1.807, 2.05) is 0 Å². The molecule has 0 radical (unpaired) electrons. The second-order valence-electron chi connectivity index (χ2n) is 4.38. The Morgan fingerprint density at radius 3 is 2.18 bits per heavy atom. The Bertz CT molecular complexity index is 886. The van der Waals surface area contributed by atoms with Crippen molar-refractivity contribution < 1.29 is 36.4 Å². The molecule has 0 bridgehead atoms. The van der Waals surface area contributed by atoms with Crippen LogP contribution in [-0.2, 0) is 20.2 Å². The van der Waals surface area contributed by atoms with E-state index < -0.39 is 36.8 Å². The number of hydrogen-bond donors (Lipinski definition) is 2. The molecule has 12 heteroatoms. The molecule has 120 valence electrons. The average Bonchev–Trinajstić information content (AvgIpc) is 2.42. The minimum Gasteiger partial charge on any atom is -0.747 e. The molecule has 22 heavy (non-hydrogen) atoms. The van der Waals surface area contributed by atoms with Gasteiger partial charge in [-0.15, -0.1) is 0 Å². The molecule has 0 spiro atoms. The Balaban J connectivity index is 2.82. The number of oxime groups is 2. The van der Waals surface area contributed by atoms with Crippen molar-refractivity contribution in [3.63, 3.8) is 0 Å². The molecule has 0 aromatic heterocycles. The van der Waals surface area contributed by atoms with Gasteiger partial charge in [0.2, 0.25) is 0 Å². The van der Waals surface area contributed by atoms with Crippen molar-refractivity contribution in [2.75, 3.05) is 0 Å². The quantitative estimate of drug-likeness (QED) is 0.411. The highest BCUT2D eigenvalue weighted by Gasteiger charge is 2.34. The average molecular weight is 348 g/mol. The summed E-state index contributed by atoms with van der Waals surface area (Å²) in [5.41, 5.74) is -1.13. The van der Waals surface area contributed by atoms with Crippen LogP contribution in [0.3, 0.4) is 0 Å². The van der Waals surface area contributed by atoms with Gasteiger partial charge in [0, 0.05) is 12.0 Å². The lowest BCUT2D eigenvalue weighted by Crippen LogP contribution is -2.30. The Labute approximate surface area is 124 Å². The normalized spacial score (nSPS) is 22.7. The molecule has 0 heterocycles. The molecule has 0 aliphatic heterocycles. The first-order valence-electron chi connectivity index (χ1n) is 5.58. The second-order valence-corrected chi connectivity index (χ2v) is 7.32. The first-order valence-corrected chi connectivity index (χ1v) is 8.46. The summed E-state index contributed by atoms with van der Waals surface area (Å²) in [5, 5.41) is 21.6. The van der Waals surface area contributed by atoms with Crippen LogP contribution >= 0.6 is 0 Å². The van der Waals surface area contributed by atoms with Crippen LogP contribution in [0.1, 0.15) is 22.8 Å². The van der Waals surface area contributed by atoms with Gasteiger partial charge in [0.05, 0.1) is 10.1 Å². The van der Waals surface area contributed by atoms with Gasteiger partial charge in [-0.2, -0.15) is 0 Å². The SMILES string of the molecule is O=S(=O)([O-])c1ccc2c(c1)C(S(=O)(=O)[O-])CC(=NO)C2=NO. The Morgan fingerprint density at radius 1 is 1.09 bits per heavy atom. The molecule has 0 saturated heterocycles. The molecule has 10 nitrogen and oxygen atoms in total. The van der Waals surface area contributed by atoms with E-state index in [1.165, 1.54) is 0 Å². The summed E-state index contributed by atoms with van der Waals surface area (Å²) >= 11 is 0. The first-order chi connectivity index (χ1) is 10.1. The number of nitrogens with zero attached hydrogens (tertiary/aromatic N) is 2. The third-order valence-corrected chi connectivity index (χ3v) is 5.08. The van der Waals surface area contributed by atoms with Gasteiger partial charge in [0.25, 0.3) is 0 Å². The fraction of sp³-hybridized carbons (Fsp3) is 0.200. The van der Waals surface area contributed by atoms with Crippen LogP contribution in [0.2, 0.25) is 0 Å². The van der Waals surface area contributed by atoms with Crippen LogP contribution in [0.4, 0.5) is 0 Å². The van der Waals surface area contributed by atoms with Crippen molar-refractivity contribution in [1.29, 1.82) is 0 Å². The monoisotopic (exact) mass is 348 g/mol. The fourth-order valence-electron chi connectivity index (χ4n) is 2.17. The third-order valence-electron chi connectivity index (χ3n) is 3.13. The molecule has 1 unspecified atom stereocenters. The maximum Gasteiger partial charge on any atom is 0.135 e. The van der Waals surface area contributed by atoms with Gasteiger partial charge in [-0.3, -0.25) is 0 Å². The molecule has 2 N–H and O–H groups in total. The van der Waals surface area contributed by atoms with Gasteiger partial charge in [0.1, 0.15) is 31.7 Å². The van der Waals surface area contributed by atoms with Crippen molar-refractivity contribution in [2.24, 2.45) is 10.3 Å². The van der Waals surface area contributed by atoms with Crippen LogP contribution in [0.15, 0.2) is 33.4 Å². The van der Waals surface area contributed by atoms with E-state index in [1.54, 1.807) is 0 Å². The smallest absolute Gasteiger partial charge is 0.135 e. The lowest BCUT2D eigenvalue weighted by molar-refractivity contribution is 0.312. The highest BCUT2D eigenvalue weighted by atomic mass is 32.2. The van der Waals surface area contributed by atoms with Crippen LogP contribution in [0.25, 0.3) is 0 Å². The maximum atomic E-state index is 11.3. The van der Waals surface area contributed by atoms with Crippen molar-refractivity contribution in [2.45, 2.75) is 16.6 Å². The molecule has 2 rings (SSSR count). The molecule has 1 aliphatic rings. The number of hydrogen-bond acceptors (Lipinski definition) is 10. The summed E-state index contributed by atoms with van der Waals surface area (Å²) in [4.78, 5) is -0.735. The molecule has 1 aromatic carbocycles. The zero-order chi connectivity index (χ0) is 16.7. The van der Waals surface area contributed by atoms with Crippen molar-refractivity contribution in [1.82, 2.24) is 0 Å². The number of rotatable bonds is 2. The van der Waals surface area contributed by atoms with Crippen LogP contribution in [0, 0.1) is 0 Å². The summed E-state index contributed by atoms with van der Waals surface area (Å²) in [6.45, 7) is 0. The molecule has 1 aliphatic carbocycles. The Kier molecular flexibility index (Phi) is 3.95. The largest absolute Gasteiger partial charge is 0.747 e. The molecular weight excluding hydrogens is 340 g/mol. The van der Waals surface area contributed by atoms with Gasteiger partial charge in [-0.25, -0.2) is 16.8 Å². The highest BCUT2D eigenvalue weighted by Crippen LogP contribution is 2.35. The first kappa shape index (κ1) is 16.4. The third kappa shape index (κ3) is 2.81. The number of fused-ring (bicyclic) bond motifs is 1. The molecular formula is C10H8N2O8S2-2. The molecule has 1 aromatic rings. The topological polar surface area (TPSA) is 180 Å². The zero-order valence-corrected chi connectivity index (χ0v) is 12.2. The van der Waals surface area contributed by atoms with Gasteiger partial charge in [-0.05, 0) is 17.7 Å².